The van der Waals surface area contributed by atoms with Crippen molar-refractivity contribution in [2.75, 3.05) is 26.8 Å². The van der Waals surface area contributed by atoms with E-state index in [4.69, 9.17) is 4.74 Å². The maximum Gasteiger partial charge on any atom is 0.0948 e. The van der Waals surface area contributed by atoms with Gasteiger partial charge in [-0.1, -0.05) is 6.92 Å². The van der Waals surface area contributed by atoms with Crippen LogP contribution in [0.25, 0.3) is 0 Å². The van der Waals surface area contributed by atoms with Crippen molar-refractivity contribution in [3.8, 4) is 0 Å². The van der Waals surface area contributed by atoms with Crippen LogP contribution >= 0.6 is 0 Å². The van der Waals surface area contributed by atoms with Crippen LogP contribution in [0.5, 0.6) is 0 Å². The first kappa shape index (κ1) is 12.6. The van der Waals surface area contributed by atoms with Crippen molar-refractivity contribution in [3.05, 3.63) is 18.2 Å². The fourth-order valence-corrected chi connectivity index (χ4v) is 2.62. The molecule has 0 atom stereocenters. The van der Waals surface area contributed by atoms with E-state index in [1.54, 1.807) is 7.11 Å². The Balaban J connectivity index is 2.06. The van der Waals surface area contributed by atoms with E-state index in [2.05, 4.69) is 21.8 Å². The quantitative estimate of drug-likeness (QED) is 0.790. The zero-order chi connectivity index (χ0) is 12.1. The predicted octanol–water partition coefficient (Wildman–Crippen LogP) is 1.56. The van der Waals surface area contributed by atoms with Crippen LogP contribution < -0.4 is 5.32 Å². The zero-order valence-corrected chi connectivity index (χ0v) is 10.9. The average Bonchev–Trinajstić information content (AvgIpc) is 2.79. The number of hydrogen-bond donors (Lipinski definition) is 1. The second kappa shape index (κ2) is 5.65. The summed E-state index contributed by atoms with van der Waals surface area (Å²) in [5, 5.41) is 3.42. The minimum Gasteiger partial charge on any atom is -0.385 e. The van der Waals surface area contributed by atoms with Crippen LogP contribution in [0.2, 0.25) is 0 Å². The number of hydrogen-bond acceptors (Lipinski definition) is 3. The number of nitrogens with zero attached hydrogens (tertiary/aromatic N) is 2. The van der Waals surface area contributed by atoms with Gasteiger partial charge < -0.3 is 14.6 Å². The van der Waals surface area contributed by atoms with E-state index in [9.17, 15) is 0 Å². The smallest absolute Gasteiger partial charge is 0.0948 e. The molecule has 1 N–H and O–H groups in total. The average molecular weight is 237 g/mol. The number of rotatable bonds is 5. The third kappa shape index (κ3) is 2.87. The fraction of sp³-hybridized carbons (Fsp3) is 0.769. The maximum atomic E-state index is 5.11. The Kier molecular flexibility index (Phi) is 4.18. The topological polar surface area (TPSA) is 39.1 Å². The van der Waals surface area contributed by atoms with Crippen LogP contribution in [-0.2, 0) is 16.7 Å². The largest absolute Gasteiger partial charge is 0.385 e. The molecule has 1 aromatic heterocycles. The Bertz CT molecular complexity index is 342. The summed E-state index contributed by atoms with van der Waals surface area (Å²) in [6, 6.07) is 0. The second-order valence-corrected chi connectivity index (χ2v) is 5.13. The first-order valence-corrected chi connectivity index (χ1v) is 6.46. The summed E-state index contributed by atoms with van der Waals surface area (Å²) in [7, 11) is 1.75. The highest BCUT2D eigenvalue weighted by atomic mass is 16.5. The van der Waals surface area contributed by atoms with Gasteiger partial charge in [-0.25, -0.2) is 4.98 Å². The zero-order valence-electron chi connectivity index (χ0n) is 10.9. The van der Waals surface area contributed by atoms with E-state index < -0.39 is 0 Å². The lowest BCUT2D eigenvalue weighted by Gasteiger charge is -2.34. The van der Waals surface area contributed by atoms with E-state index in [0.717, 1.165) is 32.7 Å². The summed E-state index contributed by atoms with van der Waals surface area (Å²) in [5.74, 6) is 0. The second-order valence-electron chi connectivity index (χ2n) is 5.13. The van der Waals surface area contributed by atoms with Crippen LogP contribution in [0.1, 0.15) is 31.9 Å². The van der Waals surface area contributed by atoms with E-state index in [1.165, 1.54) is 18.5 Å². The Morgan fingerprint density at radius 1 is 1.47 bits per heavy atom. The van der Waals surface area contributed by atoms with Gasteiger partial charge in [-0.3, -0.25) is 0 Å². The molecule has 1 fully saturated rings. The molecule has 0 aliphatic carbocycles. The summed E-state index contributed by atoms with van der Waals surface area (Å²) < 4.78 is 7.40. The van der Waals surface area contributed by atoms with Crippen molar-refractivity contribution < 1.29 is 4.74 Å². The molecule has 0 aromatic carbocycles. The van der Waals surface area contributed by atoms with Crippen LogP contribution in [0.15, 0.2) is 12.5 Å². The van der Waals surface area contributed by atoms with Crippen LogP contribution in [-0.4, -0.2) is 36.4 Å². The molecule has 0 unspecified atom stereocenters. The molecule has 1 saturated heterocycles. The fourth-order valence-electron chi connectivity index (χ4n) is 2.62. The molecule has 0 bridgehead atoms. The van der Waals surface area contributed by atoms with Gasteiger partial charge in [0.05, 0.1) is 6.33 Å². The Hall–Kier alpha value is -0.870. The van der Waals surface area contributed by atoms with E-state index in [0.29, 0.717) is 0 Å². The lowest BCUT2D eigenvalue weighted by atomic mass is 9.78. The number of aryl methyl sites for hydroxylation is 1. The molecule has 2 heterocycles. The van der Waals surface area contributed by atoms with Crippen molar-refractivity contribution in [1.29, 1.82) is 0 Å². The minimum absolute atomic E-state index is 0.287. The van der Waals surface area contributed by atoms with Crippen molar-refractivity contribution >= 4 is 0 Å². The van der Waals surface area contributed by atoms with Crippen LogP contribution in [0, 0.1) is 0 Å². The molecule has 4 heteroatoms. The van der Waals surface area contributed by atoms with Crippen molar-refractivity contribution in [1.82, 2.24) is 14.9 Å². The van der Waals surface area contributed by atoms with Gasteiger partial charge in [-0.05, 0) is 32.4 Å². The number of ether oxygens (including phenoxy) is 1. The van der Waals surface area contributed by atoms with E-state index >= 15 is 0 Å². The standard InChI is InChI=1S/C13H23N3O/c1-13(4-6-14-7-5-13)12-10-15-11-16(12)8-3-9-17-2/h10-11,14H,3-9H2,1-2H3. The third-order valence-electron chi connectivity index (χ3n) is 3.79. The summed E-state index contributed by atoms with van der Waals surface area (Å²) in [6.07, 6.45) is 7.44. The van der Waals surface area contributed by atoms with Gasteiger partial charge in [-0.2, -0.15) is 0 Å². The van der Waals surface area contributed by atoms with E-state index in [-0.39, 0.29) is 5.41 Å². The summed E-state index contributed by atoms with van der Waals surface area (Å²) in [4.78, 5) is 4.32. The molecule has 0 amide bonds. The summed E-state index contributed by atoms with van der Waals surface area (Å²) >= 11 is 0. The monoisotopic (exact) mass is 237 g/mol. The molecule has 0 saturated carbocycles. The number of methoxy groups -OCH3 is 1. The predicted molar refractivity (Wildman–Crippen MR) is 68.2 cm³/mol. The normalized spacial score (nSPS) is 19.4. The molecular weight excluding hydrogens is 214 g/mol. The maximum absolute atomic E-state index is 5.11. The summed E-state index contributed by atoms with van der Waals surface area (Å²) in [5.41, 5.74) is 1.67. The highest BCUT2D eigenvalue weighted by Crippen LogP contribution is 2.32. The van der Waals surface area contributed by atoms with Gasteiger partial charge in [0.2, 0.25) is 0 Å². The Morgan fingerprint density at radius 3 is 2.94 bits per heavy atom. The molecule has 0 radical (unpaired) electrons. The van der Waals surface area contributed by atoms with Crippen LogP contribution in [0.3, 0.4) is 0 Å². The van der Waals surface area contributed by atoms with Gasteiger partial charge >= 0.3 is 0 Å². The number of imidazole rings is 1. The molecule has 1 aliphatic rings. The van der Waals surface area contributed by atoms with Crippen molar-refractivity contribution in [2.45, 2.75) is 38.1 Å². The molecule has 1 aliphatic heterocycles. The van der Waals surface area contributed by atoms with Gasteiger partial charge in [0, 0.05) is 37.6 Å². The summed E-state index contributed by atoms with van der Waals surface area (Å²) in [6.45, 7) is 6.40. The number of nitrogens with one attached hydrogen (secondary N) is 1. The molecule has 1 aromatic rings. The molecule has 2 rings (SSSR count). The minimum atomic E-state index is 0.287. The number of piperidine rings is 1. The van der Waals surface area contributed by atoms with Gasteiger partial charge in [0.1, 0.15) is 0 Å². The van der Waals surface area contributed by atoms with Crippen molar-refractivity contribution in [2.24, 2.45) is 0 Å². The van der Waals surface area contributed by atoms with E-state index in [1.807, 2.05) is 12.5 Å². The van der Waals surface area contributed by atoms with Crippen LogP contribution in [0.4, 0.5) is 0 Å². The molecule has 4 nitrogen and oxygen atoms in total. The van der Waals surface area contributed by atoms with Gasteiger partial charge in [0.25, 0.3) is 0 Å². The molecule has 0 spiro atoms. The first-order valence-electron chi connectivity index (χ1n) is 6.46. The lowest BCUT2D eigenvalue weighted by Crippen LogP contribution is -2.39. The van der Waals surface area contributed by atoms with Crippen molar-refractivity contribution in [3.63, 3.8) is 0 Å². The molecular formula is C13H23N3O. The SMILES string of the molecule is COCCCn1cncc1C1(C)CCNCC1. The third-order valence-corrected chi connectivity index (χ3v) is 3.79. The highest BCUT2D eigenvalue weighted by molar-refractivity contribution is 5.15. The lowest BCUT2D eigenvalue weighted by molar-refractivity contribution is 0.189. The first-order chi connectivity index (χ1) is 8.26. The molecule has 96 valence electrons. The Labute approximate surface area is 103 Å². The van der Waals surface area contributed by atoms with Gasteiger partial charge in [-0.15, -0.1) is 0 Å². The Morgan fingerprint density at radius 2 is 2.24 bits per heavy atom. The highest BCUT2D eigenvalue weighted by Gasteiger charge is 2.31. The van der Waals surface area contributed by atoms with Gasteiger partial charge in [0.15, 0.2) is 0 Å². The molecule has 17 heavy (non-hydrogen) atoms. The number of aromatic nitrogens is 2.